The fourth-order valence-electron chi connectivity index (χ4n) is 2.35. The van der Waals surface area contributed by atoms with Crippen LogP contribution in [0.5, 0.6) is 5.75 Å². The molecule has 0 spiro atoms. The van der Waals surface area contributed by atoms with E-state index in [2.05, 4.69) is 5.32 Å². The Kier molecular flexibility index (Phi) is 2.98. The van der Waals surface area contributed by atoms with Gasteiger partial charge in [-0.2, -0.15) is 0 Å². The van der Waals surface area contributed by atoms with E-state index in [9.17, 15) is 14.7 Å². The largest absolute Gasteiger partial charge is 0.508 e. The van der Waals surface area contributed by atoms with Crippen molar-refractivity contribution in [1.82, 2.24) is 10.2 Å². The summed E-state index contributed by atoms with van der Waals surface area (Å²) in [5, 5.41) is 12.0. The number of carbonyl (C=O) groups is 2. The summed E-state index contributed by atoms with van der Waals surface area (Å²) in [7, 11) is 1.66. The van der Waals surface area contributed by atoms with E-state index in [4.69, 9.17) is 0 Å². The zero-order valence-electron chi connectivity index (χ0n) is 10.4. The van der Waals surface area contributed by atoms with Crippen LogP contribution in [0.1, 0.15) is 18.9 Å². The van der Waals surface area contributed by atoms with Gasteiger partial charge in [0.05, 0.1) is 6.67 Å². The van der Waals surface area contributed by atoms with E-state index in [0.29, 0.717) is 12.0 Å². The molecule has 1 aliphatic heterocycles. The molecule has 1 atom stereocenters. The first-order chi connectivity index (χ1) is 8.52. The molecular weight excluding hydrogens is 232 g/mol. The quantitative estimate of drug-likeness (QED) is 0.752. The lowest BCUT2D eigenvalue weighted by molar-refractivity contribution is -0.149. The molecule has 0 aromatic heterocycles. The minimum absolute atomic E-state index is 0.113. The third-order valence-electron chi connectivity index (χ3n) is 3.47. The first-order valence-electron chi connectivity index (χ1n) is 5.85. The highest BCUT2D eigenvalue weighted by Gasteiger charge is 2.49. The molecular formula is C13H16N2O3. The molecule has 0 bridgehead atoms. The molecule has 2 amide bonds. The predicted octanol–water partition coefficient (Wildman–Crippen LogP) is 0.586. The fourth-order valence-corrected chi connectivity index (χ4v) is 2.35. The van der Waals surface area contributed by atoms with Crippen LogP contribution in [0.3, 0.4) is 0 Å². The predicted molar refractivity (Wildman–Crippen MR) is 65.9 cm³/mol. The van der Waals surface area contributed by atoms with E-state index in [1.165, 1.54) is 17.0 Å². The van der Waals surface area contributed by atoms with E-state index >= 15 is 0 Å². The lowest BCUT2D eigenvalue weighted by Crippen LogP contribution is -2.62. The summed E-state index contributed by atoms with van der Waals surface area (Å²) < 4.78 is 0. The smallest absolute Gasteiger partial charge is 0.243 e. The second-order valence-electron chi connectivity index (χ2n) is 4.47. The van der Waals surface area contributed by atoms with Crippen molar-refractivity contribution in [3.63, 3.8) is 0 Å². The molecule has 1 aliphatic rings. The molecule has 1 heterocycles. The topological polar surface area (TPSA) is 69.6 Å². The third-order valence-corrected chi connectivity index (χ3v) is 3.47. The maximum atomic E-state index is 12.4. The van der Waals surface area contributed by atoms with Crippen LogP contribution in [0.4, 0.5) is 0 Å². The van der Waals surface area contributed by atoms with Gasteiger partial charge in [0.25, 0.3) is 0 Å². The van der Waals surface area contributed by atoms with Gasteiger partial charge in [0, 0.05) is 7.05 Å². The average molecular weight is 248 g/mol. The lowest BCUT2D eigenvalue weighted by atomic mass is 9.75. The standard InChI is InChI=1S/C13H16N2O3/c1-3-13(9-4-6-10(16)7-5-9)11(17)14-8-15(2)12(13)18/h4-7,16H,3,8H2,1-2H3,(H,14,17). The van der Waals surface area contributed by atoms with Gasteiger partial charge in [0.1, 0.15) is 5.75 Å². The van der Waals surface area contributed by atoms with Crippen LogP contribution >= 0.6 is 0 Å². The number of likely N-dealkylation sites (N-methyl/N-ethyl adjacent to an activating group) is 1. The van der Waals surface area contributed by atoms with Gasteiger partial charge in [-0.3, -0.25) is 9.59 Å². The molecule has 1 aromatic carbocycles. The van der Waals surface area contributed by atoms with Gasteiger partial charge in [-0.25, -0.2) is 0 Å². The van der Waals surface area contributed by atoms with Gasteiger partial charge in [-0.05, 0) is 24.1 Å². The number of nitrogens with zero attached hydrogens (tertiary/aromatic N) is 1. The Morgan fingerprint density at radius 3 is 2.50 bits per heavy atom. The van der Waals surface area contributed by atoms with Crippen molar-refractivity contribution in [2.75, 3.05) is 13.7 Å². The van der Waals surface area contributed by atoms with Crippen molar-refractivity contribution < 1.29 is 14.7 Å². The number of rotatable bonds is 2. The highest BCUT2D eigenvalue weighted by Crippen LogP contribution is 2.33. The fraction of sp³-hybridized carbons (Fsp3) is 0.385. The summed E-state index contributed by atoms with van der Waals surface area (Å²) in [6, 6.07) is 6.22. The van der Waals surface area contributed by atoms with Crippen molar-refractivity contribution in [2.45, 2.75) is 18.8 Å². The molecule has 1 unspecified atom stereocenters. The van der Waals surface area contributed by atoms with E-state index in [1.807, 2.05) is 6.92 Å². The number of phenolic OH excluding ortho intramolecular Hbond substituents is 1. The van der Waals surface area contributed by atoms with Gasteiger partial charge in [-0.15, -0.1) is 0 Å². The molecule has 96 valence electrons. The summed E-state index contributed by atoms with van der Waals surface area (Å²) in [6.07, 6.45) is 0.382. The van der Waals surface area contributed by atoms with E-state index < -0.39 is 5.41 Å². The monoisotopic (exact) mass is 248 g/mol. The van der Waals surface area contributed by atoms with Crippen LogP contribution in [0, 0.1) is 0 Å². The average Bonchev–Trinajstić information content (AvgIpc) is 2.37. The molecule has 0 aliphatic carbocycles. The molecule has 2 N–H and O–H groups in total. The van der Waals surface area contributed by atoms with Crippen LogP contribution in [0.25, 0.3) is 0 Å². The van der Waals surface area contributed by atoms with E-state index in [0.717, 1.165) is 0 Å². The molecule has 0 saturated carbocycles. The molecule has 5 heteroatoms. The summed E-state index contributed by atoms with van der Waals surface area (Å²) in [5.41, 5.74) is -0.572. The van der Waals surface area contributed by atoms with Crippen molar-refractivity contribution in [1.29, 1.82) is 0 Å². The summed E-state index contributed by atoms with van der Waals surface area (Å²) >= 11 is 0. The maximum absolute atomic E-state index is 12.4. The number of hydrogen-bond donors (Lipinski definition) is 2. The number of amides is 2. The zero-order valence-corrected chi connectivity index (χ0v) is 10.4. The van der Waals surface area contributed by atoms with E-state index in [1.54, 1.807) is 19.2 Å². The minimum Gasteiger partial charge on any atom is -0.508 e. The second-order valence-corrected chi connectivity index (χ2v) is 4.47. The summed E-state index contributed by atoms with van der Waals surface area (Å²) in [6.45, 7) is 2.04. The highest BCUT2D eigenvalue weighted by atomic mass is 16.3. The Labute approximate surface area is 105 Å². The van der Waals surface area contributed by atoms with Crippen molar-refractivity contribution in [3.8, 4) is 5.75 Å². The summed E-state index contributed by atoms with van der Waals surface area (Å²) in [5.74, 6) is -0.375. The number of hydrogen-bond acceptors (Lipinski definition) is 3. The van der Waals surface area contributed by atoms with Crippen molar-refractivity contribution >= 4 is 11.8 Å². The van der Waals surface area contributed by atoms with Crippen LogP contribution in [0.2, 0.25) is 0 Å². The van der Waals surface area contributed by atoms with Crippen LogP contribution in [-0.2, 0) is 15.0 Å². The van der Waals surface area contributed by atoms with Crippen LogP contribution in [0.15, 0.2) is 24.3 Å². The number of benzene rings is 1. The van der Waals surface area contributed by atoms with Gasteiger partial charge < -0.3 is 15.3 Å². The van der Waals surface area contributed by atoms with Crippen molar-refractivity contribution in [3.05, 3.63) is 29.8 Å². The second kappa shape index (κ2) is 4.33. The zero-order chi connectivity index (χ0) is 13.3. The Balaban J connectivity index is 2.54. The minimum atomic E-state index is -1.18. The normalized spacial score (nSPS) is 24.0. The Bertz CT molecular complexity index is 484. The SMILES string of the molecule is CCC1(c2ccc(O)cc2)C(=O)NCN(C)C1=O. The summed E-state index contributed by atoms with van der Waals surface area (Å²) in [4.78, 5) is 26.0. The molecule has 1 aromatic rings. The van der Waals surface area contributed by atoms with Crippen LogP contribution in [-0.4, -0.2) is 35.5 Å². The highest BCUT2D eigenvalue weighted by molar-refractivity contribution is 6.12. The first-order valence-corrected chi connectivity index (χ1v) is 5.85. The molecule has 18 heavy (non-hydrogen) atoms. The maximum Gasteiger partial charge on any atom is 0.243 e. The van der Waals surface area contributed by atoms with E-state index in [-0.39, 0.29) is 24.2 Å². The molecule has 0 radical (unpaired) electrons. The van der Waals surface area contributed by atoms with Gasteiger partial charge in [-0.1, -0.05) is 19.1 Å². The number of aromatic hydroxyl groups is 1. The molecule has 2 rings (SSSR count). The first kappa shape index (κ1) is 12.4. The third kappa shape index (κ3) is 1.63. The molecule has 1 fully saturated rings. The van der Waals surface area contributed by atoms with Crippen LogP contribution < -0.4 is 5.32 Å². The van der Waals surface area contributed by atoms with Gasteiger partial charge in [0.15, 0.2) is 5.41 Å². The van der Waals surface area contributed by atoms with Gasteiger partial charge in [0.2, 0.25) is 11.8 Å². The number of phenols is 1. The molecule has 1 saturated heterocycles. The number of carbonyl (C=O) groups excluding carboxylic acids is 2. The Morgan fingerprint density at radius 2 is 1.94 bits per heavy atom. The molecule has 5 nitrogen and oxygen atoms in total. The Morgan fingerprint density at radius 1 is 1.33 bits per heavy atom. The Hall–Kier alpha value is -2.04. The van der Waals surface area contributed by atoms with Gasteiger partial charge >= 0.3 is 0 Å². The lowest BCUT2D eigenvalue weighted by Gasteiger charge is -2.39. The van der Waals surface area contributed by atoms with Crippen molar-refractivity contribution in [2.24, 2.45) is 0 Å². The number of nitrogens with one attached hydrogen (secondary N) is 1.